The van der Waals surface area contributed by atoms with E-state index in [-0.39, 0.29) is 18.4 Å². The van der Waals surface area contributed by atoms with Crippen molar-refractivity contribution < 1.29 is 9.53 Å². The van der Waals surface area contributed by atoms with Crippen LogP contribution in [0.25, 0.3) is 0 Å². The molecule has 0 aliphatic rings. The molecule has 2 rings (SSSR count). The summed E-state index contributed by atoms with van der Waals surface area (Å²) in [5.74, 6) is -0.167. The van der Waals surface area contributed by atoms with E-state index in [1.807, 2.05) is 45.0 Å². The van der Waals surface area contributed by atoms with Crippen molar-refractivity contribution in [3.05, 3.63) is 58.1 Å². The molecule has 6 heteroatoms. The van der Waals surface area contributed by atoms with Crippen LogP contribution in [0.1, 0.15) is 25.0 Å². The van der Waals surface area contributed by atoms with Gasteiger partial charge in [0.2, 0.25) is 5.88 Å². The Labute approximate surface area is 128 Å². The smallest absolute Gasteiger partial charge is 0.348 e. The molecule has 0 unspecified atom stereocenters. The van der Waals surface area contributed by atoms with Gasteiger partial charge in [0.25, 0.3) is 5.91 Å². The molecule has 1 aromatic heterocycles. The second-order valence-corrected chi connectivity index (χ2v) is 5.56. The minimum Gasteiger partial charge on any atom is -0.467 e. The number of nitrogens with zero attached hydrogens (tertiary/aromatic N) is 1. The molecule has 2 aromatic rings. The third kappa shape index (κ3) is 4.18. The second-order valence-electron chi connectivity index (χ2n) is 5.56. The Bertz CT molecular complexity index is 705. The number of aromatic amines is 1. The number of H-pyrrole nitrogens is 1. The molecule has 0 radical (unpaired) electrons. The Morgan fingerprint density at radius 3 is 2.59 bits per heavy atom. The topological polar surface area (TPSA) is 84.1 Å². The molecular weight excluding hydrogens is 282 g/mol. The maximum Gasteiger partial charge on any atom is 0.348 e. The van der Waals surface area contributed by atoms with E-state index in [4.69, 9.17) is 4.74 Å². The van der Waals surface area contributed by atoms with Crippen LogP contribution in [0.4, 0.5) is 0 Å². The summed E-state index contributed by atoms with van der Waals surface area (Å²) in [6.45, 7) is 5.64. The molecule has 1 heterocycles. The van der Waals surface area contributed by atoms with Crippen molar-refractivity contribution in [2.75, 3.05) is 6.61 Å². The number of aromatic nitrogens is 2. The number of hydrogen-bond donors (Lipinski definition) is 2. The van der Waals surface area contributed by atoms with E-state index in [2.05, 4.69) is 15.3 Å². The number of carbonyl (C=O) groups excluding carboxylic acids is 1. The molecule has 0 saturated heterocycles. The third-order valence-electron chi connectivity index (χ3n) is 3.22. The minimum absolute atomic E-state index is 0.118. The van der Waals surface area contributed by atoms with Gasteiger partial charge in [-0.2, -0.15) is 4.98 Å². The van der Waals surface area contributed by atoms with Gasteiger partial charge in [-0.3, -0.25) is 4.79 Å². The first-order valence-electron chi connectivity index (χ1n) is 6.93. The van der Waals surface area contributed by atoms with E-state index in [9.17, 15) is 9.59 Å². The van der Waals surface area contributed by atoms with Gasteiger partial charge in [0, 0.05) is 12.3 Å². The molecule has 22 heavy (non-hydrogen) atoms. The molecule has 116 valence electrons. The molecule has 0 aliphatic carbocycles. The quantitative estimate of drug-likeness (QED) is 0.876. The Morgan fingerprint density at radius 2 is 1.95 bits per heavy atom. The summed E-state index contributed by atoms with van der Waals surface area (Å²) in [7, 11) is 0. The molecule has 0 spiro atoms. The number of ether oxygens (including phenoxy) is 1. The summed E-state index contributed by atoms with van der Waals surface area (Å²) in [6.07, 6.45) is 1.42. The Morgan fingerprint density at radius 1 is 1.27 bits per heavy atom. The fraction of sp³-hybridized carbons (Fsp3) is 0.312. The molecule has 2 N–H and O–H groups in total. The summed E-state index contributed by atoms with van der Waals surface area (Å²) in [5.41, 5.74) is 1.13. The number of benzene rings is 1. The van der Waals surface area contributed by atoms with Gasteiger partial charge in [0.15, 0.2) is 6.61 Å². The van der Waals surface area contributed by atoms with Crippen molar-refractivity contribution in [3.63, 3.8) is 0 Å². The fourth-order valence-corrected chi connectivity index (χ4v) is 2.00. The van der Waals surface area contributed by atoms with Crippen LogP contribution in [0.15, 0.2) is 41.3 Å². The monoisotopic (exact) mass is 301 g/mol. The van der Waals surface area contributed by atoms with Gasteiger partial charge in [0.1, 0.15) is 0 Å². The van der Waals surface area contributed by atoms with E-state index < -0.39 is 11.2 Å². The van der Waals surface area contributed by atoms with E-state index in [1.54, 1.807) is 0 Å². The van der Waals surface area contributed by atoms with Crippen LogP contribution in [0.5, 0.6) is 5.88 Å². The van der Waals surface area contributed by atoms with Gasteiger partial charge in [0.05, 0.1) is 5.54 Å². The van der Waals surface area contributed by atoms with Crippen LogP contribution in [-0.2, 0) is 10.3 Å². The number of hydrogen-bond acceptors (Lipinski definition) is 4. The number of nitrogens with one attached hydrogen (secondary N) is 2. The van der Waals surface area contributed by atoms with Gasteiger partial charge in [-0.1, -0.05) is 29.8 Å². The zero-order valence-corrected chi connectivity index (χ0v) is 12.8. The van der Waals surface area contributed by atoms with Crippen LogP contribution in [-0.4, -0.2) is 22.5 Å². The number of amides is 1. The summed E-state index contributed by atoms with van der Waals surface area (Å²) in [4.78, 5) is 29.0. The molecule has 6 nitrogen and oxygen atoms in total. The van der Waals surface area contributed by atoms with Crippen LogP contribution in [0.2, 0.25) is 0 Å². The molecule has 0 saturated carbocycles. The second kappa shape index (κ2) is 6.43. The van der Waals surface area contributed by atoms with Crippen molar-refractivity contribution in [3.8, 4) is 5.88 Å². The highest BCUT2D eigenvalue weighted by Crippen LogP contribution is 2.20. The van der Waals surface area contributed by atoms with E-state index >= 15 is 0 Å². The Balaban J connectivity index is 1.96. The number of carbonyl (C=O) groups is 1. The van der Waals surface area contributed by atoms with Gasteiger partial charge < -0.3 is 15.0 Å². The zero-order valence-electron chi connectivity index (χ0n) is 12.8. The molecule has 0 aliphatic heterocycles. The zero-order chi connectivity index (χ0) is 16.2. The van der Waals surface area contributed by atoms with Crippen LogP contribution in [0, 0.1) is 6.92 Å². The van der Waals surface area contributed by atoms with Crippen molar-refractivity contribution >= 4 is 5.91 Å². The van der Waals surface area contributed by atoms with Crippen LogP contribution < -0.4 is 15.7 Å². The summed E-state index contributed by atoms with van der Waals surface area (Å²) >= 11 is 0. The first kappa shape index (κ1) is 15.8. The summed E-state index contributed by atoms with van der Waals surface area (Å²) in [6, 6.07) is 9.45. The summed E-state index contributed by atoms with van der Waals surface area (Å²) in [5, 5.41) is 2.90. The lowest BCUT2D eigenvalue weighted by Gasteiger charge is -2.27. The van der Waals surface area contributed by atoms with Gasteiger partial charge in [-0.15, -0.1) is 0 Å². The Kier molecular flexibility index (Phi) is 4.60. The summed E-state index contributed by atoms with van der Waals surface area (Å²) < 4.78 is 5.21. The lowest BCUT2D eigenvalue weighted by molar-refractivity contribution is -0.124. The predicted octanol–water partition coefficient (Wildman–Crippen LogP) is 1.51. The SMILES string of the molecule is Cc1ccc(C(C)(C)NC(=O)COc2cc[nH]c(=O)n2)cc1. The average Bonchev–Trinajstić information content (AvgIpc) is 2.45. The standard InChI is InChI=1S/C16H19N3O3/c1-11-4-6-12(7-5-11)16(2,3)19-13(20)10-22-14-8-9-17-15(21)18-14/h4-9H,10H2,1-3H3,(H,19,20)(H,17,18,21). The number of rotatable bonds is 5. The molecule has 1 aromatic carbocycles. The first-order chi connectivity index (χ1) is 10.4. The van der Waals surface area contributed by atoms with Crippen molar-refractivity contribution in [1.82, 2.24) is 15.3 Å². The molecule has 0 bridgehead atoms. The molecule has 0 atom stereocenters. The predicted molar refractivity (Wildman–Crippen MR) is 82.7 cm³/mol. The lowest BCUT2D eigenvalue weighted by atomic mass is 9.93. The van der Waals surface area contributed by atoms with Crippen molar-refractivity contribution in [1.29, 1.82) is 0 Å². The lowest BCUT2D eigenvalue weighted by Crippen LogP contribution is -2.43. The van der Waals surface area contributed by atoms with E-state index in [0.29, 0.717) is 0 Å². The maximum atomic E-state index is 12.0. The van der Waals surface area contributed by atoms with Gasteiger partial charge >= 0.3 is 5.69 Å². The van der Waals surface area contributed by atoms with Crippen LogP contribution in [0.3, 0.4) is 0 Å². The first-order valence-corrected chi connectivity index (χ1v) is 6.93. The fourth-order valence-electron chi connectivity index (χ4n) is 2.00. The maximum absolute atomic E-state index is 12.0. The van der Waals surface area contributed by atoms with Gasteiger partial charge in [-0.25, -0.2) is 4.79 Å². The highest BCUT2D eigenvalue weighted by molar-refractivity contribution is 5.78. The number of aryl methyl sites for hydroxylation is 1. The highest BCUT2D eigenvalue weighted by atomic mass is 16.5. The minimum atomic E-state index is -0.518. The highest BCUT2D eigenvalue weighted by Gasteiger charge is 2.22. The molecule has 1 amide bonds. The van der Waals surface area contributed by atoms with E-state index in [0.717, 1.165) is 11.1 Å². The average molecular weight is 301 g/mol. The normalized spacial score (nSPS) is 11.0. The van der Waals surface area contributed by atoms with Crippen molar-refractivity contribution in [2.24, 2.45) is 0 Å². The van der Waals surface area contributed by atoms with Crippen molar-refractivity contribution in [2.45, 2.75) is 26.3 Å². The Hall–Kier alpha value is -2.63. The largest absolute Gasteiger partial charge is 0.467 e. The molecular formula is C16H19N3O3. The van der Waals surface area contributed by atoms with Gasteiger partial charge in [-0.05, 0) is 26.3 Å². The molecule has 0 fully saturated rings. The van der Waals surface area contributed by atoms with Crippen LogP contribution >= 0.6 is 0 Å². The third-order valence-corrected chi connectivity index (χ3v) is 3.22. The van der Waals surface area contributed by atoms with E-state index in [1.165, 1.54) is 12.3 Å².